The van der Waals surface area contributed by atoms with Crippen molar-refractivity contribution in [3.8, 4) is 0 Å². The van der Waals surface area contributed by atoms with E-state index in [1.165, 1.54) is 18.2 Å². The van der Waals surface area contributed by atoms with E-state index in [-0.39, 0.29) is 21.2 Å². The smallest absolute Gasteiger partial charge is 0.263 e. The topological polar surface area (TPSA) is 75.3 Å². The van der Waals surface area contributed by atoms with Gasteiger partial charge in [0.2, 0.25) is 0 Å². The molecule has 3 rings (SSSR count). The highest BCUT2D eigenvalue weighted by molar-refractivity contribution is 9.10. The zero-order chi connectivity index (χ0) is 19.4. The van der Waals surface area contributed by atoms with E-state index in [4.69, 9.17) is 11.6 Å². The number of nitrogens with one attached hydrogen (secondary N) is 2. The van der Waals surface area contributed by atoms with Gasteiger partial charge in [0.25, 0.3) is 15.9 Å². The van der Waals surface area contributed by atoms with E-state index in [0.717, 1.165) is 0 Å². The summed E-state index contributed by atoms with van der Waals surface area (Å²) in [5.74, 6) is -0.414. The average Bonchev–Trinajstić information content (AvgIpc) is 2.64. The normalized spacial score (nSPS) is 11.0. The van der Waals surface area contributed by atoms with Crippen LogP contribution >= 0.6 is 27.5 Å². The molecule has 0 atom stereocenters. The summed E-state index contributed by atoms with van der Waals surface area (Å²) in [6.07, 6.45) is 0. The van der Waals surface area contributed by atoms with Crippen LogP contribution in [0.3, 0.4) is 0 Å². The molecule has 0 fully saturated rings. The summed E-state index contributed by atoms with van der Waals surface area (Å²) in [4.78, 5) is 12.4. The molecule has 0 aliphatic heterocycles. The SMILES string of the molecule is O=C(Nc1ccccc1)c1ccc(Br)c(S(=O)(=O)Nc2ccccc2Cl)c1. The fourth-order valence-corrected chi connectivity index (χ4v) is 4.63. The number of carbonyl (C=O) groups excluding carboxylic acids is 1. The maximum Gasteiger partial charge on any atom is 0.263 e. The molecule has 0 heterocycles. The van der Waals surface area contributed by atoms with E-state index in [1.807, 2.05) is 6.07 Å². The van der Waals surface area contributed by atoms with Crippen LogP contribution in [0.2, 0.25) is 5.02 Å². The molecule has 5 nitrogen and oxygen atoms in total. The molecule has 0 bridgehead atoms. The molecule has 0 aliphatic carbocycles. The number of para-hydroxylation sites is 2. The lowest BCUT2D eigenvalue weighted by atomic mass is 10.2. The van der Waals surface area contributed by atoms with Gasteiger partial charge in [0, 0.05) is 15.7 Å². The second kappa shape index (κ2) is 8.12. The lowest BCUT2D eigenvalue weighted by molar-refractivity contribution is 0.102. The van der Waals surface area contributed by atoms with Crippen LogP contribution in [0.25, 0.3) is 0 Å². The van der Waals surface area contributed by atoms with E-state index < -0.39 is 15.9 Å². The number of amides is 1. The Labute approximate surface area is 170 Å². The minimum atomic E-state index is -3.96. The van der Waals surface area contributed by atoms with Gasteiger partial charge in [0.05, 0.1) is 10.7 Å². The lowest BCUT2D eigenvalue weighted by Crippen LogP contribution is -2.16. The van der Waals surface area contributed by atoms with Gasteiger partial charge in [-0.15, -0.1) is 0 Å². The molecule has 0 unspecified atom stereocenters. The van der Waals surface area contributed by atoms with Gasteiger partial charge in [-0.1, -0.05) is 41.9 Å². The second-order valence-electron chi connectivity index (χ2n) is 5.55. The van der Waals surface area contributed by atoms with Crippen molar-refractivity contribution in [1.82, 2.24) is 0 Å². The average molecular weight is 466 g/mol. The van der Waals surface area contributed by atoms with Crippen LogP contribution in [-0.4, -0.2) is 14.3 Å². The highest BCUT2D eigenvalue weighted by atomic mass is 79.9. The molecule has 1 amide bonds. The quantitative estimate of drug-likeness (QED) is 0.547. The monoisotopic (exact) mass is 464 g/mol. The number of anilines is 2. The number of sulfonamides is 1. The summed E-state index contributed by atoms with van der Waals surface area (Å²) in [7, 11) is -3.96. The summed E-state index contributed by atoms with van der Waals surface area (Å²) in [6.45, 7) is 0. The maximum atomic E-state index is 12.8. The zero-order valence-corrected chi connectivity index (χ0v) is 17.0. The second-order valence-corrected chi connectivity index (χ2v) is 8.46. The van der Waals surface area contributed by atoms with Crippen molar-refractivity contribution < 1.29 is 13.2 Å². The Kier molecular flexibility index (Phi) is 5.84. The molecule has 0 spiro atoms. The van der Waals surface area contributed by atoms with Crippen LogP contribution in [0, 0.1) is 0 Å². The highest BCUT2D eigenvalue weighted by Gasteiger charge is 2.21. The van der Waals surface area contributed by atoms with Crippen molar-refractivity contribution in [2.45, 2.75) is 4.90 Å². The molecule has 27 heavy (non-hydrogen) atoms. The molecule has 0 saturated carbocycles. The van der Waals surface area contributed by atoms with E-state index in [9.17, 15) is 13.2 Å². The van der Waals surface area contributed by atoms with E-state index in [1.54, 1.807) is 48.5 Å². The van der Waals surface area contributed by atoms with Gasteiger partial charge in [-0.05, 0) is 58.4 Å². The fourth-order valence-electron chi connectivity index (χ4n) is 2.32. The number of benzene rings is 3. The minimum absolute atomic E-state index is 0.0665. The Morgan fingerprint density at radius 1 is 0.926 bits per heavy atom. The first-order chi connectivity index (χ1) is 12.9. The van der Waals surface area contributed by atoms with Gasteiger partial charge in [-0.3, -0.25) is 9.52 Å². The molecule has 0 aromatic heterocycles. The lowest BCUT2D eigenvalue weighted by Gasteiger charge is -2.12. The zero-order valence-electron chi connectivity index (χ0n) is 13.8. The molecule has 8 heteroatoms. The van der Waals surface area contributed by atoms with Crippen LogP contribution in [-0.2, 0) is 10.0 Å². The Balaban J connectivity index is 1.90. The summed E-state index contributed by atoms with van der Waals surface area (Å²) in [5, 5.41) is 3.00. The van der Waals surface area contributed by atoms with Gasteiger partial charge < -0.3 is 5.32 Å². The van der Waals surface area contributed by atoms with Gasteiger partial charge in [-0.2, -0.15) is 0 Å². The van der Waals surface area contributed by atoms with E-state index >= 15 is 0 Å². The Bertz CT molecular complexity index is 1090. The van der Waals surface area contributed by atoms with Gasteiger partial charge in [0.1, 0.15) is 4.90 Å². The van der Waals surface area contributed by atoms with Crippen LogP contribution in [0.5, 0.6) is 0 Å². The van der Waals surface area contributed by atoms with Crippen molar-refractivity contribution >= 4 is 54.8 Å². The highest BCUT2D eigenvalue weighted by Crippen LogP contribution is 2.28. The van der Waals surface area contributed by atoms with E-state index in [2.05, 4.69) is 26.0 Å². The first-order valence-corrected chi connectivity index (χ1v) is 10.5. The Morgan fingerprint density at radius 3 is 2.30 bits per heavy atom. The van der Waals surface area contributed by atoms with Gasteiger partial charge in [0.15, 0.2) is 0 Å². The first-order valence-electron chi connectivity index (χ1n) is 7.80. The number of rotatable bonds is 5. The molecule has 3 aromatic rings. The molecule has 0 saturated heterocycles. The van der Waals surface area contributed by atoms with Gasteiger partial charge in [-0.25, -0.2) is 8.42 Å². The first kappa shape index (κ1) is 19.4. The number of carbonyl (C=O) groups is 1. The third-order valence-corrected chi connectivity index (χ3v) is 6.32. The van der Waals surface area contributed by atoms with Crippen molar-refractivity contribution in [2.24, 2.45) is 0 Å². The fraction of sp³-hybridized carbons (Fsp3) is 0. The molecule has 2 N–H and O–H groups in total. The van der Waals surface area contributed by atoms with E-state index in [0.29, 0.717) is 10.2 Å². The third-order valence-electron chi connectivity index (χ3n) is 3.63. The predicted molar refractivity (Wildman–Crippen MR) is 111 cm³/mol. The largest absolute Gasteiger partial charge is 0.322 e. The van der Waals surface area contributed by atoms with Crippen LogP contribution in [0.1, 0.15) is 10.4 Å². The van der Waals surface area contributed by atoms with Crippen LogP contribution in [0.4, 0.5) is 11.4 Å². The number of hydrogen-bond acceptors (Lipinski definition) is 3. The Hall–Kier alpha value is -2.35. The Morgan fingerprint density at radius 2 is 1.59 bits per heavy atom. The standard InChI is InChI=1S/C19H14BrClN2O3S/c20-15-11-10-13(19(24)22-14-6-2-1-3-7-14)12-18(15)27(25,26)23-17-9-5-4-8-16(17)21/h1-12,23H,(H,22,24). The number of halogens is 2. The van der Waals surface area contributed by atoms with Gasteiger partial charge >= 0.3 is 0 Å². The maximum absolute atomic E-state index is 12.8. The van der Waals surface area contributed by atoms with Crippen molar-refractivity contribution in [1.29, 1.82) is 0 Å². The molecular weight excluding hydrogens is 452 g/mol. The third kappa shape index (κ3) is 4.68. The van der Waals surface area contributed by atoms with Crippen LogP contribution in [0.15, 0.2) is 82.2 Å². The van der Waals surface area contributed by atoms with Crippen molar-refractivity contribution in [3.05, 3.63) is 87.9 Å². The van der Waals surface area contributed by atoms with Crippen molar-refractivity contribution in [3.63, 3.8) is 0 Å². The van der Waals surface area contributed by atoms with Crippen molar-refractivity contribution in [2.75, 3.05) is 10.0 Å². The molecule has 138 valence electrons. The molecule has 3 aromatic carbocycles. The summed E-state index contributed by atoms with van der Waals surface area (Å²) in [6, 6.07) is 19.8. The summed E-state index contributed by atoms with van der Waals surface area (Å²) >= 11 is 9.26. The predicted octanol–water partition coefficient (Wildman–Crippen LogP) is 5.16. The summed E-state index contributed by atoms with van der Waals surface area (Å²) < 4.78 is 28.3. The summed E-state index contributed by atoms with van der Waals surface area (Å²) in [5.41, 5.74) is 1.08. The molecule has 0 aliphatic rings. The van der Waals surface area contributed by atoms with Crippen LogP contribution < -0.4 is 10.0 Å². The molecule has 0 radical (unpaired) electrons. The minimum Gasteiger partial charge on any atom is -0.322 e. The molecular formula is C19H14BrClN2O3S. The number of hydrogen-bond donors (Lipinski definition) is 2.